The maximum atomic E-state index is 5.62. The Labute approximate surface area is 117 Å². The summed E-state index contributed by atoms with van der Waals surface area (Å²) >= 11 is 5.62. The maximum Gasteiger partial charge on any atom is 0.185 e. The molecule has 0 radical (unpaired) electrons. The molecule has 0 unspecified atom stereocenters. The van der Waals surface area contributed by atoms with E-state index in [1.807, 2.05) is 6.07 Å². The van der Waals surface area contributed by atoms with Crippen molar-refractivity contribution in [3.8, 4) is 0 Å². The molecule has 1 aromatic carbocycles. The first-order valence-electron chi connectivity index (χ1n) is 6.42. The monoisotopic (exact) mass is 268 g/mol. The lowest BCUT2D eigenvalue weighted by molar-refractivity contribution is 0.625. The fourth-order valence-electron chi connectivity index (χ4n) is 2.48. The molecule has 3 aromatic rings. The van der Waals surface area contributed by atoms with Gasteiger partial charge in [-0.25, -0.2) is 0 Å². The third-order valence-electron chi connectivity index (χ3n) is 3.60. The van der Waals surface area contributed by atoms with Crippen molar-refractivity contribution in [1.29, 1.82) is 0 Å². The highest BCUT2D eigenvalue weighted by molar-refractivity contribution is 7.71. The van der Waals surface area contributed by atoms with Gasteiger partial charge in [0.15, 0.2) is 4.77 Å². The highest BCUT2D eigenvalue weighted by Gasteiger charge is 2.11. The molecule has 0 saturated heterocycles. The van der Waals surface area contributed by atoms with Crippen LogP contribution in [0.1, 0.15) is 24.2 Å². The van der Waals surface area contributed by atoms with Gasteiger partial charge in [-0.05, 0) is 43.8 Å². The standard InChI is InChI=1S/C16H16N2S/c1-12-7-6-10-15-11-17(16(19)18(12)15)13(2)14-8-4-3-5-9-14/h3-11,13H,1-2H3/t13-/m0/s1. The number of hydrogen-bond acceptors (Lipinski definition) is 1. The summed E-state index contributed by atoms with van der Waals surface area (Å²) in [5.74, 6) is 0. The molecule has 0 saturated carbocycles. The number of hydrogen-bond donors (Lipinski definition) is 0. The van der Waals surface area contributed by atoms with Crippen LogP contribution in [0.4, 0.5) is 0 Å². The molecule has 2 aromatic heterocycles. The summed E-state index contributed by atoms with van der Waals surface area (Å²) in [6.07, 6.45) is 2.13. The Morgan fingerprint density at radius 2 is 1.74 bits per heavy atom. The van der Waals surface area contributed by atoms with E-state index in [1.165, 1.54) is 11.3 Å². The van der Waals surface area contributed by atoms with Gasteiger partial charge in [0.2, 0.25) is 0 Å². The van der Waals surface area contributed by atoms with Crippen LogP contribution in [0, 0.1) is 11.7 Å². The van der Waals surface area contributed by atoms with E-state index in [0.29, 0.717) is 0 Å². The predicted octanol–water partition coefficient (Wildman–Crippen LogP) is 4.39. The van der Waals surface area contributed by atoms with Crippen LogP contribution in [0.15, 0.2) is 54.7 Å². The van der Waals surface area contributed by atoms with Crippen molar-refractivity contribution >= 4 is 17.7 Å². The molecule has 19 heavy (non-hydrogen) atoms. The molecule has 0 N–H and O–H groups in total. The van der Waals surface area contributed by atoms with Crippen LogP contribution in [-0.4, -0.2) is 8.97 Å². The molecule has 3 rings (SSSR count). The lowest BCUT2D eigenvalue weighted by atomic mass is 10.1. The summed E-state index contributed by atoms with van der Waals surface area (Å²) in [6.45, 7) is 4.26. The topological polar surface area (TPSA) is 9.34 Å². The van der Waals surface area contributed by atoms with E-state index in [9.17, 15) is 0 Å². The first-order valence-corrected chi connectivity index (χ1v) is 6.83. The van der Waals surface area contributed by atoms with Gasteiger partial charge < -0.3 is 4.57 Å². The number of pyridine rings is 1. The van der Waals surface area contributed by atoms with E-state index in [-0.39, 0.29) is 6.04 Å². The minimum absolute atomic E-state index is 0.244. The molecule has 2 heterocycles. The number of aryl methyl sites for hydroxylation is 1. The average Bonchev–Trinajstić information content (AvgIpc) is 2.78. The number of imidazole rings is 1. The first-order chi connectivity index (χ1) is 9.18. The quantitative estimate of drug-likeness (QED) is 0.626. The van der Waals surface area contributed by atoms with Gasteiger partial charge in [-0.1, -0.05) is 36.4 Å². The summed E-state index contributed by atoms with van der Waals surface area (Å²) in [5, 5.41) is 0. The van der Waals surface area contributed by atoms with Crippen LogP contribution in [-0.2, 0) is 0 Å². The second-order valence-electron chi connectivity index (χ2n) is 4.83. The van der Waals surface area contributed by atoms with E-state index in [4.69, 9.17) is 12.2 Å². The van der Waals surface area contributed by atoms with Crippen molar-refractivity contribution in [2.45, 2.75) is 19.9 Å². The zero-order valence-electron chi connectivity index (χ0n) is 11.1. The van der Waals surface area contributed by atoms with Gasteiger partial charge >= 0.3 is 0 Å². The smallest absolute Gasteiger partial charge is 0.185 e. The van der Waals surface area contributed by atoms with Crippen molar-refractivity contribution in [3.05, 3.63) is 70.8 Å². The van der Waals surface area contributed by atoms with Crippen LogP contribution >= 0.6 is 12.2 Å². The van der Waals surface area contributed by atoms with Gasteiger partial charge in [0, 0.05) is 11.9 Å². The minimum atomic E-state index is 0.244. The molecule has 0 aliphatic carbocycles. The van der Waals surface area contributed by atoms with Crippen molar-refractivity contribution in [3.63, 3.8) is 0 Å². The molecule has 1 atom stereocenters. The summed E-state index contributed by atoms with van der Waals surface area (Å²) in [4.78, 5) is 0. The van der Waals surface area contributed by atoms with E-state index < -0.39 is 0 Å². The van der Waals surface area contributed by atoms with Crippen molar-refractivity contribution in [1.82, 2.24) is 8.97 Å². The molecule has 0 spiro atoms. The van der Waals surface area contributed by atoms with E-state index in [1.54, 1.807) is 0 Å². The molecule has 0 fully saturated rings. The largest absolute Gasteiger partial charge is 0.316 e. The van der Waals surface area contributed by atoms with Gasteiger partial charge in [-0.2, -0.15) is 0 Å². The molecule has 0 aliphatic heterocycles. The van der Waals surface area contributed by atoms with Gasteiger partial charge in [0.25, 0.3) is 0 Å². The second kappa shape index (κ2) is 4.67. The highest BCUT2D eigenvalue weighted by Crippen LogP contribution is 2.21. The normalized spacial score (nSPS) is 12.7. The van der Waals surface area contributed by atoms with E-state index >= 15 is 0 Å². The summed E-state index contributed by atoms with van der Waals surface area (Å²) in [6, 6.07) is 16.9. The lowest BCUT2D eigenvalue weighted by Crippen LogP contribution is -2.06. The van der Waals surface area contributed by atoms with Crippen LogP contribution in [0.3, 0.4) is 0 Å². The Bertz CT molecular complexity index is 768. The molecule has 0 aliphatic rings. The van der Waals surface area contributed by atoms with Gasteiger partial charge in [-0.3, -0.25) is 4.40 Å². The molecular formula is C16H16N2S. The van der Waals surface area contributed by atoms with Crippen LogP contribution in [0.25, 0.3) is 5.52 Å². The fraction of sp³-hybridized carbons (Fsp3) is 0.188. The Hall–Kier alpha value is -1.87. The Morgan fingerprint density at radius 1 is 1.00 bits per heavy atom. The van der Waals surface area contributed by atoms with E-state index in [0.717, 1.165) is 10.3 Å². The summed E-state index contributed by atoms with van der Waals surface area (Å²) in [5.41, 5.74) is 3.58. The number of rotatable bonds is 2. The number of fused-ring (bicyclic) bond motifs is 1. The third kappa shape index (κ3) is 2.00. The molecular weight excluding hydrogens is 252 g/mol. The maximum absolute atomic E-state index is 5.62. The van der Waals surface area contributed by atoms with Gasteiger partial charge in [-0.15, -0.1) is 0 Å². The predicted molar refractivity (Wildman–Crippen MR) is 81.2 cm³/mol. The highest BCUT2D eigenvalue weighted by atomic mass is 32.1. The summed E-state index contributed by atoms with van der Waals surface area (Å²) in [7, 11) is 0. The Balaban J connectivity index is 2.19. The average molecular weight is 268 g/mol. The van der Waals surface area contributed by atoms with Gasteiger partial charge in [0.1, 0.15) is 0 Å². The molecule has 96 valence electrons. The minimum Gasteiger partial charge on any atom is -0.316 e. The van der Waals surface area contributed by atoms with Crippen molar-refractivity contribution < 1.29 is 0 Å². The number of aromatic nitrogens is 2. The third-order valence-corrected chi connectivity index (χ3v) is 3.99. The number of benzene rings is 1. The fourth-order valence-corrected chi connectivity index (χ4v) is 2.94. The van der Waals surface area contributed by atoms with Crippen LogP contribution in [0.2, 0.25) is 0 Å². The zero-order valence-corrected chi connectivity index (χ0v) is 11.9. The summed E-state index contributed by atoms with van der Waals surface area (Å²) < 4.78 is 5.13. The second-order valence-corrected chi connectivity index (χ2v) is 5.20. The first kappa shape index (κ1) is 12.2. The molecule has 0 bridgehead atoms. The van der Waals surface area contributed by atoms with Crippen molar-refractivity contribution in [2.24, 2.45) is 0 Å². The van der Waals surface area contributed by atoms with Crippen LogP contribution < -0.4 is 0 Å². The SMILES string of the molecule is Cc1cccc2cn([C@@H](C)c3ccccc3)c(=S)n12. The van der Waals surface area contributed by atoms with Gasteiger partial charge in [0.05, 0.1) is 11.6 Å². The zero-order chi connectivity index (χ0) is 13.4. The Kier molecular flexibility index (Phi) is 2.99. The van der Waals surface area contributed by atoms with Crippen LogP contribution in [0.5, 0.6) is 0 Å². The molecule has 3 heteroatoms. The Morgan fingerprint density at radius 3 is 2.42 bits per heavy atom. The van der Waals surface area contributed by atoms with Crippen molar-refractivity contribution in [2.75, 3.05) is 0 Å². The number of nitrogens with zero attached hydrogens (tertiary/aromatic N) is 2. The lowest BCUT2D eigenvalue weighted by Gasteiger charge is -2.13. The molecule has 0 amide bonds. The van der Waals surface area contributed by atoms with E-state index in [2.05, 4.69) is 71.5 Å². The molecule has 2 nitrogen and oxygen atoms in total.